The van der Waals surface area contributed by atoms with Gasteiger partial charge in [-0.2, -0.15) is 0 Å². The lowest BCUT2D eigenvalue weighted by molar-refractivity contribution is -0.126. The van der Waals surface area contributed by atoms with Gasteiger partial charge >= 0.3 is 6.03 Å². The lowest BCUT2D eigenvalue weighted by Crippen LogP contribution is -2.39. The Bertz CT molecular complexity index is 722. The highest BCUT2D eigenvalue weighted by molar-refractivity contribution is 6.02. The average Bonchev–Trinajstić information content (AvgIpc) is 2.91. The highest BCUT2D eigenvalue weighted by atomic mass is 19.1. The van der Waals surface area contributed by atoms with Crippen LogP contribution < -0.4 is 5.32 Å². The first-order valence-corrected chi connectivity index (χ1v) is 6.80. The third kappa shape index (κ3) is 2.26. The molecule has 0 bridgehead atoms. The van der Waals surface area contributed by atoms with Crippen LogP contribution in [0, 0.1) is 5.82 Å². The van der Waals surface area contributed by atoms with Crippen LogP contribution in [0.25, 0.3) is 10.9 Å². The maximum atomic E-state index is 13.5. The van der Waals surface area contributed by atoms with Crippen molar-refractivity contribution >= 4 is 22.8 Å². The molecular weight excluding hydrogens is 273 g/mol. The molecule has 1 aliphatic heterocycles. The van der Waals surface area contributed by atoms with Crippen LogP contribution in [0.4, 0.5) is 9.18 Å². The number of rotatable bonds is 3. The van der Waals surface area contributed by atoms with Crippen molar-refractivity contribution in [2.24, 2.45) is 7.05 Å². The van der Waals surface area contributed by atoms with Crippen molar-refractivity contribution in [1.82, 2.24) is 14.8 Å². The van der Waals surface area contributed by atoms with Gasteiger partial charge in [-0.1, -0.05) is 0 Å². The number of hydrogen-bond donors (Lipinski definition) is 1. The molecule has 3 rings (SSSR count). The van der Waals surface area contributed by atoms with Crippen molar-refractivity contribution in [3.05, 3.63) is 35.8 Å². The lowest BCUT2D eigenvalue weighted by atomic mass is 10.1. The molecule has 1 saturated heterocycles. The first kappa shape index (κ1) is 13.6. The zero-order valence-corrected chi connectivity index (χ0v) is 11.9. The number of amides is 3. The molecule has 1 N–H and O–H groups in total. The minimum atomic E-state index is -0.362. The zero-order chi connectivity index (χ0) is 15.1. The van der Waals surface area contributed by atoms with Gasteiger partial charge in [0.15, 0.2) is 0 Å². The highest BCUT2D eigenvalue weighted by Crippen LogP contribution is 2.24. The van der Waals surface area contributed by atoms with Gasteiger partial charge in [0.1, 0.15) is 5.82 Å². The van der Waals surface area contributed by atoms with Gasteiger partial charge in [0.25, 0.3) is 0 Å². The number of carbonyl (C=O) groups is 2. The molecule has 1 unspecified atom stereocenters. The quantitative estimate of drug-likeness (QED) is 0.876. The van der Waals surface area contributed by atoms with Gasteiger partial charge in [0, 0.05) is 30.2 Å². The first-order valence-electron chi connectivity index (χ1n) is 6.80. The number of nitrogens with one attached hydrogen (secondary N) is 1. The van der Waals surface area contributed by atoms with E-state index in [1.165, 1.54) is 17.0 Å². The second-order valence-corrected chi connectivity index (χ2v) is 5.40. The summed E-state index contributed by atoms with van der Waals surface area (Å²) in [5.74, 6) is -0.517. The molecule has 110 valence electrons. The van der Waals surface area contributed by atoms with Crippen molar-refractivity contribution in [1.29, 1.82) is 0 Å². The van der Waals surface area contributed by atoms with Crippen molar-refractivity contribution < 1.29 is 14.0 Å². The molecule has 1 aromatic carbocycles. The Hall–Kier alpha value is -2.37. The summed E-state index contributed by atoms with van der Waals surface area (Å²) in [4.78, 5) is 24.6. The second-order valence-electron chi connectivity index (χ2n) is 5.40. The maximum absolute atomic E-state index is 13.5. The standard InChI is InChI=1S/C15H16FN3O2/c1-9(19-14(20)7-17-15(19)21)5-10-8-18(2)13-4-3-11(16)6-12(10)13/h3-4,6,8-9H,5,7H2,1-2H3,(H,17,21). The molecule has 0 aliphatic carbocycles. The lowest BCUT2D eigenvalue weighted by Gasteiger charge is -2.20. The van der Waals surface area contributed by atoms with Crippen molar-refractivity contribution in [3.8, 4) is 0 Å². The van der Waals surface area contributed by atoms with E-state index in [9.17, 15) is 14.0 Å². The molecule has 21 heavy (non-hydrogen) atoms. The fraction of sp³-hybridized carbons (Fsp3) is 0.333. The summed E-state index contributed by atoms with van der Waals surface area (Å²) in [6, 6.07) is 4.01. The molecule has 2 heterocycles. The summed E-state index contributed by atoms with van der Waals surface area (Å²) < 4.78 is 15.4. The molecule has 0 radical (unpaired) electrons. The second kappa shape index (κ2) is 4.87. The van der Waals surface area contributed by atoms with E-state index >= 15 is 0 Å². The van der Waals surface area contributed by atoms with E-state index in [2.05, 4.69) is 5.32 Å². The van der Waals surface area contributed by atoms with E-state index in [-0.39, 0.29) is 30.3 Å². The van der Waals surface area contributed by atoms with Gasteiger partial charge in [0.2, 0.25) is 5.91 Å². The Morgan fingerprint density at radius 3 is 2.81 bits per heavy atom. The number of urea groups is 1. The number of aryl methyl sites for hydroxylation is 1. The van der Waals surface area contributed by atoms with Crippen LogP contribution in [0.5, 0.6) is 0 Å². The molecule has 1 aliphatic rings. The minimum Gasteiger partial charge on any atom is -0.350 e. The predicted octanol–water partition coefficient (Wildman–Crippen LogP) is 1.80. The van der Waals surface area contributed by atoms with Crippen LogP contribution >= 0.6 is 0 Å². The van der Waals surface area contributed by atoms with Gasteiger partial charge in [-0.15, -0.1) is 0 Å². The molecule has 1 fully saturated rings. The molecular formula is C15H16FN3O2. The third-order valence-electron chi connectivity index (χ3n) is 3.87. The van der Waals surface area contributed by atoms with Crippen LogP contribution in [0.15, 0.2) is 24.4 Å². The topological polar surface area (TPSA) is 54.3 Å². The number of hydrogen-bond acceptors (Lipinski definition) is 2. The Morgan fingerprint density at radius 2 is 2.14 bits per heavy atom. The Balaban J connectivity index is 1.93. The molecule has 0 saturated carbocycles. The van der Waals surface area contributed by atoms with Crippen molar-refractivity contribution in [2.45, 2.75) is 19.4 Å². The summed E-state index contributed by atoms with van der Waals surface area (Å²) >= 11 is 0. The summed E-state index contributed by atoms with van der Waals surface area (Å²) in [7, 11) is 1.89. The molecule has 1 aromatic heterocycles. The molecule has 1 atom stereocenters. The van der Waals surface area contributed by atoms with E-state index in [4.69, 9.17) is 0 Å². The van der Waals surface area contributed by atoms with Gasteiger partial charge in [0.05, 0.1) is 6.54 Å². The summed E-state index contributed by atoms with van der Waals surface area (Å²) in [5.41, 5.74) is 1.85. The van der Waals surface area contributed by atoms with E-state index in [0.29, 0.717) is 6.42 Å². The number of aromatic nitrogens is 1. The van der Waals surface area contributed by atoms with Gasteiger partial charge < -0.3 is 9.88 Å². The van der Waals surface area contributed by atoms with E-state index < -0.39 is 0 Å². The smallest absolute Gasteiger partial charge is 0.324 e. The van der Waals surface area contributed by atoms with Crippen molar-refractivity contribution in [2.75, 3.05) is 6.54 Å². The van der Waals surface area contributed by atoms with Crippen LogP contribution in [0.3, 0.4) is 0 Å². The van der Waals surface area contributed by atoms with Crippen molar-refractivity contribution in [3.63, 3.8) is 0 Å². The fourth-order valence-electron chi connectivity index (χ4n) is 2.90. The number of imide groups is 1. The molecule has 3 amide bonds. The third-order valence-corrected chi connectivity index (χ3v) is 3.87. The van der Waals surface area contributed by atoms with E-state index in [1.54, 1.807) is 6.07 Å². The summed E-state index contributed by atoms with van der Waals surface area (Å²) in [5, 5.41) is 3.33. The summed E-state index contributed by atoms with van der Waals surface area (Å²) in [6.07, 6.45) is 2.42. The normalized spacial score (nSPS) is 16.6. The van der Waals surface area contributed by atoms with Crippen LogP contribution in [0.1, 0.15) is 12.5 Å². The highest BCUT2D eigenvalue weighted by Gasteiger charge is 2.32. The molecule has 6 heteroatoms. The number of halogens is 1. The zero-order valence-electron chi connectivity index (χ0n) is 11.9. The number of benzene rings is 1. The fourth-order valence-corrected chi connectivity index (χ4v) is 2.90. The average molecular weight is 289 g/mol. The largest absolute Gasteiger partial charge is 0.350 e. The van der Waals surface area contributed by atoms with Crippen LogP contribution in [-0.4, -0.2) is 34.0 Å². The van der Waals surface area contributed by atoms with E-state index in [0.717, 1.165) is 16.5 Å². The monoisotopic (exact) mass is 289 g/mol. The van der Waals surface area contributed by atoms with Gasteiger partial charge in [-0.3, -0.25) is 9.69 Å². The Morgan fingerprint density at radius 1 is 1.38 bits per heavy atom. The number of carbonyl (C=O) groups excluding carboxylic acids is 2. The molecule has 2 aromatic rings. The number of fused-ring (bicyclic) bond motifs is 1. The maximum Gasteiger partial charge on any atom is 0.324 e. The molecule has 5 nitrogen and oxygen atoms in total. The van der Waals surface area contributed by atoms with Gasteiger partial charge in [-0.25, -0.2) is 9.18 Å². The SMILES string of the molecule is CC(Cc1cn(C)c2ccc(F)cc12)N1C(=O)CNC1=O. The van der Waals surface area contributed by atoms with Gasteiger partial charge in [-0.05, 0) is 37.1 Å². The van der Waals surface area contributed by atoms with E-state index in [1.807, 2.05) is 24.7 Å². The summed E-state index contributed by atoms with van der Waals surface area (Å²) in [6.45, 7) is 1.87. The van der Waals surface area contributed by atoms with Crippen LogP contribution in [-0.2, 0) is 18.3 Å². The predicted molar refractivity (Wildman–Crippen MR) is 76.3 cm³/mol. The Labute approximate surface area is 121 Å². The van der Waals surface area contributed by atoms with Crippen LogP contribution in [0.2, 0.25) is 0 Å². The Kier molecular flexibility index (Phi) is 3.16. The first-order chi connectivity index (χ1) is 9.97. The minimum absolute atomic E-state index is 0.0489. The number of nitrogens with zero attached hydrogens (tertiary/aromatic N) is 2. The molecule has 0 spiro atoms.